The van der Waals surface area contributed by atoms with Crippen LogP contribution in [0.15, 0.2) is 53.4 Å². The number of nitrogen functional groups attached to an aromatic ring is 1. The minimum Gasteiger partial charge on any atom is -0.368 e. The van der Waals surface area contributed by atoms with Gasteiger partial charge in [-0.05, 0) is 48.5 Å². The van der Waals surface area contributed by atoms with Crippen LogP contribution in [0.25, 0.3) is 0 Å². The molecule has 3 rings (SSSR count). The number of nitrogens with zero attached hydrogens (tertiary/aromatic N) is 3. The van der Waals surface area contributed by atoms with E-state index < -0.39 is 0 Å². The fourth-order valence-corrected chi connectivity index (χ4v) is 2.96. The molecule has 1 aromatic heterocycles. The first kappa shape index (κ1) is 18.6. The topological polar surface area (TPSA) is 106 Å². The normalized spacial score (nSPS) is 10.4. The molecule has 0 unspecified atom stereocenters. The van der Waals surface area contributed by atoms with E-state index in [0.29, 0.717) is 23.2 Å². The molecule has 9 heteroatoms. The molecule has 0 spiro atoms. The van der Waals surface area contributed by atoms with Crippen molar-refractivity contribution in [2.45, 2.75) is 17.6 Å². The summed E-state index contributed by atoms with van der Waals surface area (Å²) >= 11 is 1.53. The van der Waals surface area contributed by atoms with Gasteiger partial charge in [0.25, 0.3) is 0 Å². The highest BCUT2D eigenvalue weighted by atomic mass is 32.2. The summed E-state index contributed by atoms with van der Waals surface area (Å²) in [5.41, 5.74) is 7.15. The number of carbonyl (C=O) groups is 1. The van der Waals surface area contributed by atoms with Crippen molar-refractivity contribution >= 4 is 40.9 Å². The Bertz CT molecular complexity index is 934. The summed E-state index contributed by atoms with van der Waals surface area (Å²) in [5, 5.41) is 5.70. The van der Waals surface area contributed by atoms with Crippen LogP contribution in [0.3, 0.4) is 0 Å². The number of aromatic nitrogens is 3. The van der Waals surface area contributed by atoms with Gasteiger partial charge in [-0.25, -0.2) is 4.39 Å². The Morgan fingerprint density at radius 3 is 2.37 bits per heavy atom. The van der Waals surface area contributed by atoms with Crippen molar-refractivity contribution in [2.24, 2.45) is 0 Å². The van der Waals surface area contributed by atoms with E-state index in [1.807, 2.05) is 24.3 Å². The zero-order valence-corrected chi connectivity index (χ0v) is 15.3. The van der Waals surface area contributed by atoms with Gasteiger partial charge in [0.05, 0.1) is 5.75 Å². The second-order valence-corrected chi connectivity index (χ2v) is 6.61. The number of rotatable bonds is 6. The number of benzene rings is 2. The number of nitrogens with one attached hydrogen (secondary N) is 2. The molecule has 0 fully saturated rings. The summed E-state index contributed by atoms with van der Waals surface area (Å²) < 4.78 is 13.0. The van der Waals surface area contributed by atoms with Crippen molar-refractivity contribution in [3.8, 4) is 0 Å². The SMILES string of the molecule is CC(=O)Nc1ccc(SCc2nc(N)nc(Nc3ccc(F)cc3)n2)cc1. The van der Waals surface area contributed by atoms with Gasteiger partial charge in [0.1, 0.15) is 11.6 Å². The molecule has 0 aliphatic carbocycles. The lowest BCUT2D eigenvalue weighted by Gasteiger charge is -2.08. The summed E-state index contributed by atoms with van der Waals surface area (Å²) in [5.74, 6) is 0.971. The predicted molar refractivity (Wildman–Crippen MR) is 104 cm³/mol. The Morgan fingerprint density at radius 1 is 1.04 bits per heavy atom. The van der Waals surface area contributed by atoms with Crippen molar-refractivity contribution in [2.75, 3.05) is 16.4 Å². The zero-order valence-electron chi connectivity index (χ0n) is 14.4. The van der Waals surface area contributed by atoms with E-state index in [4.69, 9.17) is 5.73 Å². The van der Waals surface area contributed by atoms with Gasteiger partial charge in [0.2, 0.25) is 17.8 Å². The van der Waals surface area contributed by atoms with Crippen molar-refractivity contribution in [1.82, 2.24) is 15.0 Å². The summed E-state index contributed by atoms with van der Waals surface area (Å²) in [6, 6.07) is 13.3. The van der Waals surface area contributed by atoms with Gasteiger partial charge in [-0.1, -0.05) is 0 Å². The van der Waals surface area contributed by atoms with E-state index in [2.05, 4.69) is 25.6 Å². The summed E-state index contributed by atoms with van der Waals surface area (Å²) in [6.45, 7) is 1.46. The maximum absolute atomic E-state index is 13.0. The van der Waals surface area contributed by atoms with Crippen molar-refractivity contribution in [3.63, 3.8) is 0 Å². The van der Waals surface area contributed by atoms with E-state index >= 15 is 0 Å². The van der Waals surface area contributed by atoms with Gasteiger partial charge in [-0.15, -0.1) is 11.8 Å². The molecular formula is C18H17FN6OS. The van der Waals surface area contributed by atoms with Crippen LogP contribution in [0.5, 0.6) is 0 Å². The molecule has 0 saturated heterocycles. The van der Waals surface area contributed by atoms with Crippen molar-refractivity contribution in [3.05, 3.63) is 60.2 Å². The Balaban J connectivity index is 1.65. The third-order valence-corrected chi connectivity index (χ3v) is 4.35. The van der Waals surface area contributed by atoms with Gasteiger partial charge in [0, 0.05) is 23.2 Å². The Morgan fingerprint density at radius 2 is 1.70 bits per heavy atom. The highest BCUT2D eigenvalue weighted by molar-refractivity contribution is 7.98. The second kappa shape index (κ2) is 8.45. The van der Waals surface area contributed by atoms with Crippen LogP contribution < -0.4 is 16.4 Å². The third-order valence-electron chi connectivity index (χ3n) is 3.34. The van der Waals surface area contributed by atoms with E-state index in [1.165, 1.54) is 30.8 Å². The third kappa shape index (κ3) is 5.65. The maximum atomic E-state index is 13.0. The van der Waals surface area contributed by atoms with E-state index in [9.17, 15) is 9.18 Å². The largest absolute Gasteiger partial charge is 0.368 e. The fourth-order valence-electron chi connectivity index (χ4n) is 2.21. The highest BCUT2D eigenvalue weighted by Gasteiger charge is 2.07. The number of hydrogen-bond acceptors (Lipinski definition) is 7. The lowest BCUT2D eigenvalue weighted by molar-refractivity contribution is -0.114. The zero-order chi connectivity index (χ0) is 19.2. The molecular weight excluding hydrogens is 367 g/mol. The van der Waals surface area contributed by atoms with Crippen LogP contribution in [0, 0.1) is 5.82 Å². The van der Waals surface area contributed by atoms with Crippen LogP contribution in [0.4, 0.5) is 27.7 Å². The molecule has 27 heavy (non-hydrogen) atoms. The molecule has 0 radical (unpaired) electrons. The van der Waals surface area contributed by atoms with Crippen LogP contribution in [-0.2, 0) is 10.5 Å². The molecule has 1 amide bonds. The lowest BCUT2D eigenvalue weighted by Crippen LogP contribution is -2.06. The van der Waals surface area contributed by atoms with Crippen LogP contribution in [0.2, 0.25) is 0 Å². The summed E-state index contributed by atoms with van der Waals surface area (Å²) in [4.78, 5) is 24.6. The minimum atomic E-state index is -0.322. The molecule has 0 atom stereocenters. The minimum absolute atomic E-state index is 0.103. The smallest absolute Gasteiger partial charge is 0.232 e. The molecule has 0 aliphatic rings. The molecule has 0 saturated carbocycles. The van der Waals surface area contributed by atoms with Crippen molar-refractivity contribution in [1.29, 1.82) is 0 Å². The summed E-state index contributed by atoms with van der Waals surface area (Å²) in [6.07, 6.45) is 0. The van der Waals surface area contributed by atoms with Gasteiger partial charge in [-0.3, -0.25) is 4.79 Å². The van der Waals surface area contributed by atoms with Crippen molar-refractivity contribution < 1.29 is 9.18 Å². The first-order chi connectivity index (χ1) is 13.0. The van der Waals surface area contributed by atoms with Gasteiger partial charge >= 0.3 is 0 Å². The number of thioether (sulfide) groups is 1. The Hall–Kier alpha value is -3.20. The maximum Gasteiger partial charge on any atom is 0.232 e. The molecule has 7 nitrogen and oxygen atoms in total. The average Bonchev–Trinajstić information content (AvgIpc) is 2.62. The molecule has 1 heterocycles. The number of anilines is 4. The second-order valence-electron chi connectivity index (χ2n) is 5.56. The van der Waals surface area contributed by atoms with E-state index in [0.717, 1.165) is 10.6 Å². The number of hydrogen-bond donors (Lipinski definition) is 3. The quantitative estimate of drug-likeness (QED) is 0.558. The number of amides is 1. The van der Waals surface area contributed by atoms with Crippen LogP contribution in [0.1, 0.15) is 12.7 Å². The van der Waals surface area contributed by atoms with Gasteiger partial charge in [0.15, 0.2) is 0 Å². The van der Waals surface area contributed by atoms with Crippen LogP contribution >= 0.6 is 11.8 Å². The standard InChI is InChI=1S/C18H17FN6OS/c1-11(26)21-13-6-8-15(9-7-13)27-10-16-23-17(20)25-18(24-16)22-14-4-2-12(19)3-5-14/h2-9H,10H2,1H3,(H,21,26)(H3,20,22,23,24,25). The van der Waals surface area contributed by atoms with E-state index in [-0.39, 0.29) is 17.7 Å². The molecule has 4 N–H and O–H groups in total. The molecule has 0 aliphatic heterocycles. The lowest BCUT2D eigenvalue weighted by atomic mass is 10.3. The number of nitrogens with two attached hydrogens (primary N) is 1. The summed E-state index contributed by atoms with van der Waals surface area (Å²) in [7, 11) is 0. The monoisotopic (exact) mass is 384 g/mol. The Kier molecular flexibility index (Phi) is 5.82. The molecule has 0 bridgehead atoms. The van der Waals surface area contributed by atoms with Crippen LogP contribution in [-0.4, -0.2) is 20.9 Å². The molecule has 138 valence electrons. The number of halogens is 1. The highest BCUT2D eigenvalue weighted by Crippen LogP contribution is 2.24. The average molecular weight is 384 g/mol. The first-order valence-corrected chi connectivity index (χ1v) is 9.00. The van der Waals surface area contributed by atoms with Gasteiger partial charge in [-0.2, -0.15) is 15.0 Å². The van der Waals surface area contributed by atoms with Gasteiger partial charge < -0.3 is 16.4 Å². The Labute approximate surface area is 159 Å². The predicted octanol–water partition coefficient (Wildman–Crippen LogP) is 3.59. The fraction of sp³-hybridized carbons (Fsp3) is 0.111. The number of carbonyl (C=O) groups excluding carboxylic acids is 1. The van der Waals surface area contributed by atoms with E-state index in [1.54, 1.807) is 12.1 Å². The molecule has 2 aromatic carbocycles. The molecule has 3 aromatic rings. The first-order valence-electron chi connectivity index (χ1n) is 8.01.